The first-order valence-electron chi connectivity index (χ1n) is 11.7. The summed E-state index contributed by atoms with van der Waals surface area (Å²) >= 11 is 0. The minimum Gasteiger partial charge on any atom is -0.491 e. The van der Waals surface area contributed by atoms with Crippen LogP contribution in [0, 0.1) is 13.8 Å². The van der Waals surface area contributed by atoms with Crippen LogP contribution in [-0.2, 0) is 19.9 Å². The molecule has 0 fully saturated rings. The lowest BCUT2D eigenvalue weighted by Gasteiger charge is -2.17. The van der Waals surface area contributed by atoms with Gasteiger partial charge in [-0.3, -0.25) is 14.3 Å². The molecule has 8 heteroatoms. The van der Waals surface area contributed by atoms with Crippen LogP contribution in [0.4, 0.5) is 5.69 Å². The van der Waals surface area contributed by atoms with E-state index in [0.29, 0.717) is 17.9 Å². The number of amides is 1. The van der Waals surface area contributed by atoms with Gasteiger partial charge in [0.1, 0.15) is 11.4 Å². The zero-order chi connectivity index (χ0) is 24.9. The molecule has 1 N–H and O–H groups in total. The molecule has 1 aliphatic carbocycles. The van der Waals surface area contributed by atoms with Crippen LogP contribution in [0.5, 0.6) is 5.75 Å². The fourth-order valence-corrected chi connectivity index (χ4v) is 4.54. The summed E-state index contributed by atoms with van der Waals surface area (Å²) in [7, 11) is 1.79. The largest absolute Gasteiger partial charge is 0.491 e. The van der Waals surface area contributed by atoms with Gasteiger partial charge in [-0.05, 0) is 76.4 Å². The second-order valence-corrected chi connectivity index (χ2v) is 9.22. The number of nitrogens with one attached hydrogen (secondary N) is 1. The molecule has 2 aromatic carbocycles. The Morgan fingerprint density at radius 3 is 2.57 bits per heavy atom. The maximum atomic E-state index is 13.2. The van der Waals surface area contributed by atoms with Crippen LogP contribution in [0.1, 0.15) is 46.7 Å². The first kappa shape index (κ1) is 22.7. The van der Waals surface area contributed by atoms with E-state index in [2.05, 4.69) is 10.5 Å². The quantitative estimate of drug-likeness (QED) is 0.459. The molecule has 4 aromatic rings. The molecule has 0 atom stereocenters. The predicted octanol–water partition coefficient (Wildman–Crippen LogP) is 4.59. The molecule has 2 heterocycles. The molecule has 0 radical (unpaired) electrons. The Bertz CT molecular complexity index is 1490. The number of nitrogens with zero attached hydrogens (tertiary/aromatic N) is 3. The van der Waals surface area contributed by atoms with E-state index in [9.17, 15) is 9.59 Å². The maximum absolute atomic E-state index is 13.2. The van der Waals surface area contributed by atoms with Gasteiger partial charge < -0.3 is 14.6 Å². The Morgan fingerprint density at radius 2 is 1.86 bits per heavy atom. The molecule has 0 saturated heterocycles. The summed E-state index contributed by atoms with van der Waals surface area (Å²) in [4.78, 5) is 26.5. The third-order valence-corrected chi connectivity index (χ3v) is 6.41. The van der Waals surface area contributed by atoms with Gasteiger partial charge in [0.05, 0.1) is 17.5 Å². The lowest BCUT2D eigenvalue weighted by atomic mass is 9.89. The molecule has 180 valence electrons. The minimum atomic E-state index is -0.458. The first-order chi connectivity index (χ1) is 16.7. The van der Waals surface area contributed by atoms with E-state index >= 15 is 0 Å². The van der Waals surface area contributed by atoms with Gasteiger partial charge in [-0.1, -0.05) is 22.9 Å². The standard InChI is InChI=1S/C27H28N4O4/c1-15(2)34-20-11-13-21-18(14-20)8-12-22-24(29-35-25(21)22)26(32)28-23-17(4)30(5)31(27(23)33)19-9-6-16(3)7-10-19/h6-7,9-11,13-15H,8,12H2,1-5H3,(H,28,32). The van der Waals surface area contributed by atoms with Crippen molar-refractivity contribution in [3.63, 3.8) is 0 Å². The fraction of sp³-hybridized carbons (Fsp3) is 0.296. The van der Waals surface area contributed by atoms with Gasteiger partial charge >= 0.3 is 0 Å². The number of aryl methyl sites for hydroxylation is 2. The van der Waals surface area contributed by atoms with Crippen LogP contribution in [0.2, 0.25) is 0 Å². The summed E-state index contributed by atoms with van der Waals surface area (Å²) in [5.74, 6) is 0.943. The van der Waals surface area contributed by atoms with Gasteiger partial charge in [-0.2, -0.15) is 0 Å². The molecule has 0 unspecified atom stereocenters. The van der Waals surface area contributed by atoms with Crippen molar-refractivity contribution in [3.05, 3.63) is 80.9 Å². The van der Waals surface area contributed by atoms with Crippen molar-refractivity contribution in [1.82, 2.24) is 14.5 Å². The first-order valence-corrected chi connectivity index (χ1v) is 11.7. The van der Waals surface area contributed by atoms with Crippen molar-refractivity contribution < 1.29 is 14.1 Å². The highest BCUT2D eigenvalue weighted by Gasteiger charge is 2.29. The molecule has 35 heavy (non-hydrogen) atoms. The van der Waals surface area contributed by atoms with Crippen molar-refractivity contribution in [1.29, 1.82) is 0 Å². The number of aromatic nitrogens is 3. The highest BCUT2D eigenvalue weighted by Crippen LogP contribution is 2.37. The third kappa shape index (κ3) is 3.95. The maximum Gasteiger partial charge on any atom is 0.295 e. The van der Waals surface area contributed by atoms with Crippen molar-refractivity contribution in [3.8, 4) is 22.8 Å². The topological polar surface area (TPSA) is 91.3 Å². The van der Waals surface area contributed by atoms with E-state index < -0.39 is 5.91 Å². The smallest absolute Gasteiger partial charge is 0.295 e. The van der Waals surface area contributed by atoms with Crippen LogP contribution in [-0.4, -0.2) is 26.5 Å². The Labute approximate surface area is 203 Å². The zero-order valence-corrected chi connectivity index (χ0v) is 20.5. The molecule has 2 aromatic heterocycles. The van der Waals surface area contributed by atoms with E-state index in [0.717, 1.165) is 40.1 Å². The number of carbonyl (C=O) groups is 1. The molecule has 0 aliphatic heterocycles. The number of carbonyl (C=O) groups excluding carboxylic acids is 1. The average Bonchev–Trinajstić information content (AvgIpc) is 3.35. The third-order valence-electron chi connectivity index (χ3n) is 6.41. The second kappa shape index (κ2) is 8.61. The van der Waals surface area contributed by atoms with Crippen LogP contribution in [0.3, 0.4) is 0 Å². The van der Waals surface area contributed by atoms with Crippen LogP contribution >= 0.6 is 0 Å². The van der Waals surface area contributed by atoms with Crippen LogP contribution < -0.4 is 15.6 Å². The van der Waals surface area contributed by atoms with E-state index in [-0.39, 0.29) is 23.0 Å². The number of ether oxygens (including phenoxy) is 1. The molecule has 1 aliphatic rings. The summed E-state index contributed by atoms with van der Waals surface area (Å²) in [5, 5.41) is 6.88. The van der Waals surface area contributed by atoms with E-state index in [1.54, 1.807) is 18.7 Å². The van der Waals surface area contributed by atoms with Crippen LogP contribution in [0.25, 0.3) is 17.0 Å². The SMILES string of the molecule is Cc1ccc(-n2c(=O)c(NC(=O)c3noc4c3CCc3cc(OC(C)C)ccc3-4)c(C)n2C)cc1. The monoisotopic (exact) mass is 472 g/mol. The highest BCUT2D eigenvalue weighted by molar-refractivity contribution is 6.05. The summed E-state index contributed by atoms with van der Waals surface area (Å²) in [6.45, 7) is 7.77. The number of hydrogen-bond acceptors (Lipinski definition) is 5. The van der Waals surface area contributed by atoms with Crippen molar-refractivity contribution in [2.45, 2.75) is 46.6 Å². The Hall–Kier alpha value is -4.07. The van der Waals surface area contributed by atoms with Gasteiger partial charge in [0.15, 0.2) is 11.5 Å². The van der Waals surface area contributed by atoms with Gasteiger partial charge in [0.2, 0.25) is 0 Å². The van der Waals surface area contributed by atoms with E-state index in [1.807, 2.05) is 63.2 Å². The summed E-state index contributed by atoms with van der Waals surface area (Å²) in [6.07, 6.45) is 1.44. The lowest BCUT2D eigenvalue weighted by molar-refractivity contribution is 0.101. The van der Waals surface area contributed by atoms with Crippen LogP contribution in [0.15, 0.2) is 51.8 Å². The Kier molecular flexibility index (Phi) is 5.59. The number of fused-ring (bicyclic) bond motifs is 3. The Balaban J connectivity index is 1.45. The zero-order valence-electron chi connectivity index (χ0n) is 20.5. The average molecular weight is 473 g/mol. The summed E-state index contributed by atoms with van der Waals surface area (Å²) in [5.41, 5.74) is 5.35. The van der Waals surface area contributed by atoms with Gasteiger partial charge in [-0.15, -0.1) is 0 Å². The van der Waals surface area contributed by atoms with Gasteiger partial charge in [0, 0.05) is 18.2 Å². The summed E-state index contributed by atoms with van der Waals surface area (Å²) in [6, 6.07) is 13.5. The number of anilines is 1. The fourth-order valence-electron chi connectivity index (χ4n) is 4.54. The molecule has 0 spiro atoms. The molecular formula is C27H28N4O4. The van der Waals surface area contributed by atoms with Crippen molar-refractivity contribution >= 4 is 11.6 Å². The minimum absolute atomic E-state index is 0.0878. The number of hydrogen-bond donors (Lipinski definition) is 1. The number of benzene rings is 2. The van der Waals surface area contributed by atoms with Crippen molar-refractivity contribution in [2.24, 2.45) is 7.05 Å². The molecule has 8 nitrogen and oxygen atoms in total. The second-order valence-electron chi connectivity index (χ2n) is 9.22. The highest BCUT2D eigenvalue weighted by atomic mass is 16.5. The molecular weight excluding hydrogens is 444 g/mol. The van der Waals surface area contributed by atoms with E-state index in [4.69, 9.17) is 9.26 Å². The summed E-state index contributed by atoms with van der Waals surface area (Å²) < 4.78 is 14.7. The van der Waals surface area contributed by atoms with Gasteiger partial charge in [0.25, 0.3) is 11.5 Å². The Morgan fingerprint density at radius 1 is 1.11 bits per heavy atom. The molecule has 1 amide bonds. The van der Waals surface area contributed by atoms with Gasteiger partial charge in [-0.25, -0.2) is 4.68 Å². The lowest BCUT2D eigenvalue weighted by Crippen LogP contribution is -2.23. The van der Waals surface area contributed by atoms with Crippen molar-refractivity contribution in [2.75, 3.05) is 5.32 Å². The predicted molar refractivity (Wildman–Crippen MR) is 134 cm³/mol. The molecule has 5 rings (SSSR count). The molecule has 0 saturated carbocycles. The normalized spacial score (nSPS) is 12.4. The van der Waals surface area contributed by atoms with E-state index in [1.165, 1.54) is 4.68 Å². The molecule has 0 bridgehead atoms. The number of rotatable bonds is 5.